The fourth-order valence-corrected chi connectivity index (χ4v) is 2.89. The van der Waals surface area contributed by atoms with Crippen molar-refractivity contribution < 1.29 is 23.6 Å². The lowest BCUT2D eigenvalue weighted by Gasteiger charge is -2.13. The first-order valence-corrected chi connectivity index (χ1v) is 8.93. The number of thioether (sulfide) groups is 1. The minimum absolute atomic E-state index is 0.0969. The van der Waals surface area contributed by atoms with E-state index in [1.165, 1.54) is 49.4 Å². The standard InChI is InChI=1S/C18H17FN2O5S/c1-12(18(23)20-10-13-6-8-14(19)9-7-13)26-17(22)11-27-16-5-3-2-4-15(16)21(24)25/h2-9,12H,10-11H2,1H3,(H,20,23)/t12-/m0/s1. The van der Waals surface area contributed by atoms with Gasteiger partial charge < -0.3 is 10.1 Å². The first kappa shape index (κ1) is 20.4. The molecule has 142 valence electrons. The number of amides is 1. The summed E-state index contributed by atoms with van der Waals surface area (Å²) in [7, 11) is 0. The summed E-state index contributed by atoms with van der Waals surface area (Å²) in [6, 6.07) is 11.7. The van der Waals surface area contributed by atoms with Crippen molar-refractivity contribution in [1.82, 2.24) is 5.32 Å². The molecule has 0 saturated heterocycles. The number of carbonyl (C=O) groups is 2. The van der Waals surface area contributed by atoms with Crippen molar-refractivity contribution in [3.8, 4) is 0 Å². The van der Waals surface area contributed by atoms with Gasteiger partial charge in [-0.2, -0.15) is 0 Å². The van der Waals surface area contributed by atoms with Crippen LogP contribution in [0.25, 0.3) is 0 Å². The lowest BCUT2D eigenvalue weighted by Crippen LogP contribution is -2.35. The maximum Gasteiger partial charge on any atom is 0.317 e. The van der Waals surface area contributed by atoms with Crippen LogP contribution in [-0.4, -0.2) is 28.7 Å². The molecule has 0 bridgehead atoms. The zero-order valence-corrected chi connectivity index (χ0v) is 15.2. The van der Waals surface area contributed by atoms with Crippen molar-refractivity contribution >= 4 is 29.3 Å². The summed E-state index contributed by atoms with van der Waals surface area (Å²) in [5.74, 6) is -1.70. The summed E-state index contributed by atoms with van der Waals surface area (Å²) < 4.78 is 17.9. The van der Waals surface area contributed by atoms with Crippen LogP contribution < -0.4 is 5.32 Å². The predicted molar refractivity (Wildman–Crippen MR) is 97.6 cm³/mol. The second-order valence-corrected chi connectivity index (χ2v) is 6.51. The molecule has 0 aliphatic rings. The molecule has 0 saturated carbocycles. The van der Waals surface area contributed by atoms with Crippen LogP contribution in [0.2, 0.25) is 0 Å². The number of para-hydroxylation sites is 1. The number of hydrogen-bond donors (Lipinski definition) is 1. The van der Waals surface area contributed by atoms with E-state index in [4.69, 9.17) is 4.74 Å². The van der Waals surface area contributed by atoms with Gasteiger partial charge in [-0.15, -0.1) is 11.8 Å². The van der Waals surface area contributed by atoms with Gasteiger partial charge in [0.05, 0.1) is 15.6 Å². The van der Waals surface area contributed by atoms with E-state index in [1.807, 2.05) is 0 Å². The fraction of sp³-hybridized carbons (Fsp3) is 0.222. The number of esters is 1. The van der Waals surface area contributed by atoms with Crippen LogP contribution in [0.4, 0.5) is 10.1 Å². The highest BCUT2D eigenvalue weighted by atomic mass is 32.2. The average molecular weight is 392 g/mol. The summed E-state index contributed by atoms with van der Waals surface area (Å²) in [5, 5.41) is 13.5. The molecular formula is C18H17FN2O5S. The average Bonchev–Trinajstić information content (AvgIpc) is 2.65. The van der Waals surface area contributed by atoms with Crippen LogP contribution in [0.3, 0.4) is 0 Å². The number of nitro benzene ring substituents is 1. The summed E-state index contributed by atoms with van der Waals surface area (Å²) in [5.41, 5.74) is 0.607. The summed E-state index contributed by atoms with van der Waals surface area (Å²) in [4.78, 5) is 34.6. The number of hydrogen-bond acceptors (Lipinski definition) is 6. The Morgan fingerprint density at radius 3 is 2.56 bits per heavy atom. The minimum Gasteiger partial charge on any atom is -0.452 e. The van der Waals surface area contributed by atoms with Crippen molar-refractivity contribution in [3.05, 3.63) is 70.0 Å². The maximum atomic E-state index is 12.8. The number of nitrogens with zero attached hydrogens (tertiary/aromatic N) is 1. The third kappa shape index (κ3) is 6.37. The van der Waals surface area contributed by atoms with Crippen LogP contribution in [0.5, 0.6) is 0 Å². The molecule has 1 atom stereocenters. The Kier molecular flexibility index (Phi) is 7.30. The highest BCUT2D eigenvalue weighted by molar-refractivity contribution is 8.00. The topological polar surface area (TPSA) is 98.5 Å². The number of benzene rings is 2. The molecule has 0 aliphatic heterocycles. The fourth-order valence-electron chi connectivity index (χ4n) is 2.09. The Labute approximate surface area is 159 Å². The van der Waals surface area contributed by atoms with Crippen LogP contribution >= 0.6 is 11.8 Å². The predicted octanol–water partition coefficient (Wildman–Crippen LogP) is 3.07. The van der Waals surface area contributed by atoms with E-state index >= 15 is 0 Å². The molecule has 0 aliphatic carbocycles. The molecule has 27 heavy (non-hydrogen) atoms. The van der Waals surface area contributed by atoms with Gasteiger partial charge in [-0.3, -0.25) is 19.7 Å². The van der Waals surface area contributed by atoms with Gasteiger partial charge in [0.1, 0.15) is 5.82 Å². The van der Waals surface area contributed by atoms with E-state index in [1.54, 1.807) is 6.07 Å². The van der Waals surface area contributed by atoms with Gasteiger partial charge in [-0.25, -0.2) is 4.39 Å². The van der Waals surface area contributed by atoms with Gasteiger partial charge in [0.15, 0.2) is 6.10 Å². The first-order valence-electron chi connectivity index (χ1n) is 7.94. The van der Waals surface area contributed by atoms with Crippen LogP contribution in [-0.2, 0) is 20.9 Å². The molecule has 2 aromatic rings. The quantitative estimate of drug-likeness (QED) is 0.321. The van der Waals surface area contributed by atoms with Crippen LogP contribution in [0, 0.1) is 15.9 Å². The largest absolute Gasteiger partial charge is 0.452 e. The van der Waals surface area contributed by atoms with Crippen molar-refractivity contribution in [3.63, 3.8) is 0 Å². The number of nitrogens with one attached hydrogen (secondary N) is 1. The van der Waals surface area contributed by atoms with E-state index in [-0.39, 0.29) is 23.8 Å². The smallest absolute Gasteiger partial charge is 0.317 e. The number of ether oxygens (including phenoxy) is 1. The van der Waals surface area contributed by atoms with Gasteiger partial charge in [0.25, 0.3) is 11.6 Å². The monoisotopic (exact) mass is 392 g/mol. The zero-order chi connectivity index (χ0) is 19.8. The Morgan fingerprint density at radius 1 is 1.22 bits per heavy atom. The number of carbonyl (C=O) groups excluding carboxylic acids is 2. The molecule has 9 heteroatoms. The second kappa shape index (κ2) is 9.67. The Balaban J connectivity index is 1.80. The van der Waals surface area contributed by atoms with Gasteiger partial charge in [-0.05, 0) is 30.7 Å². The van der Waals surface area contributed by atoms with Gasteiger partial charge in [-0.1, -0.05) is 24.3 Å². The molecular weight excluding hydrogens is 375 g/mol. The molecule has 0 aromatic heterocycles. The third-order valence-electron chi connectivity index (χ3n) is 3.46. The molecule has 0 radical (unpaired) electrons. The molecule has 1 amide bonds. The van der Waals surface area contributed by atoms with Crippen molar-refractivity contribution in [2.45, 2.75) is 24.5 Å². The molecule has 0 spiro atoms. The van der Waals surface area contributed by atoms with Crippen molar-refractivity contribution in [1.29, 1.82) is 0 Å². The molecule has 2 rings (SSSR count). The molecule has 2 aromatic carbocycles. The van der Waals surface area contributed by atoms with Gasteiger partial charge in [0.2, 0.25) is 0 Å². The van der Waals surface area contributed by atoms with E-state index in [9.17, 15) is 24.1 Å². The summed E-state index contributed by atoms with van der Waals surface area (Å²) in [6.07, 6.45) is -1.02. The highest BCUT2D eigenvalue weighted by Crippen LogP contribution is 2.28. The van der Waals surface area contributed by atoms with E-state index in [0.29, 0.717) is 10.5 Å². The van der Waals surface area contributed by atoms with E-state index in [2.05, 4.69) is 5.32 Å². The highest BCUT2D eigenvalue weighted by Gasteiger charge is 2.19. The van der Waals surface area contributed by atoms with Gasteiger partial charge >= 0.3 is 5.97 Å². The minimum atomic E-state index is -1.02. The Bertz CT molecular complexity index is 829. The van der Waals surface area contributed by atoms with Crippen LogP contribution in [0.15, 0.2) is 53.4 Å². The van der Waals surface area contributed by atoms with Crippen molar-refractivity contribution in [2.24, 2.45) is 0 Å². The summed E-state index contributed by atoms with van der Waals surface area (Å²) >= 11 is 0.965. The zero-order valence-electron chi connectivity index (χ0n) is 14.4. The normalized spacial score (nSPS) is 11.5. The number of halogens is 1. The third-order valence-corrected chi connectivity index (χ3v) is 4.50. The van der Waals surface area contributed by atoms with Gasteiger partial charge in [0, 0.05) is 12.6 Å². The molecule has 0 unspecified atom stereocenters. The number of rotatable bonds is 8. The SMILES string of the molecule is C[C@H](OC(=O)CSc1ccccc1[N+](=O)[O-])C(=O)NCc1ccc(F)cc1. The number of nitro groups is 1. The molecule has 7 nitrogen and oxygen atoms in total. The lowest BCUT2D eigenvalue weighted by atomic mass is 10.2. The maximum absolute atomic E-state index is 12.8. The molecule has 0 fully saturated rings. The lowest BCUT2D eigenvalue weighted by molar-refractivity contribution is -0.387. The van der Waals surface area contributed by atoms with Crippen molar-refractivity contribution in [2.75, 3.05) is 5.75 Å². The molecule has 1 N–H and O–H groups in total. The Hall–Kier alpha value is -2.94. The second-order valence-electron chi connectivity index (χ2n) is 5.49. The summed E-state index contributed by atoms with van der Waals surface area (Å²) in [6.45, 7) is 1.60. The van der Waals surface area contributed by atoms with E-state index in [0.717, 1.165) is 11.8 Å². The first-order chi connectivity index (χ1) is 12.9. The Morgan fingerprint density at radius 2 is 1.89 bits per heavy atom. The molecule has 0 heterocycles. The van der Waals surface area contributed by atoms with E-state index < -0.39 is 22.9 Å². The van der Waals surface area contributed by atoms with Crippen LogP contribution in [0.1, 0.15) is 12.5 Å².